The van der Waals surface area contributed by atoms with Gasteiger partial charge in [-0.05, 0) is 32.3 Å². The summed E-state index contributed by atoms with van der Waals surface area (Å²) >= 11 is 0. The number of carbonyl (C=O) groups is 2. The highest BCUT2D eigenvalue weighted by molar-refractivity contribution is 6.00. The van der Waals surface area contributed by atoms with Gasteiger partial charge in [0.05, 0.1) is 17.5 Å². The van der Waals surface area contributed by atoms with Crippen molar-refractivity contribution in [2.45, 2.75) is 39.2 Å². The molecule has 0 aliphatic carbocycles. The lowest BCUT2D eigenvalue weighted by atomic mass is 10.0. The van der Waals surface area contributed by atoms with Gasteiger partial charge in [-0.2, -0.15) is 9.61 Å². The molecule has 10 heteroatoms. The van der Waals surface area contributed by atoms with Gasteiger partial charge < -0.3 is 20.8 Å². The number of benzene rings is 1. The molecule has 4 rings (SSSR count). The first-order chi connectivity index (χ1) is 17.8. The number of pyridine rings is 1. The number of aliphatic hydroxyl groups excluding tert-OH is 1. The number of aromatic nitrogens is 4. The van der Waals surface area contributed by atoms with Crippen LogP contribution in [0.5, 0.6) is 5.75 Å². The Kier molecular flexibility index (Phi) is 7.49. The summed E-state index contributed by atoms with van der Waals surface area (Å²) in [6.45, 7) is 2.82. The van der Waals surface area contributed by atoms with E-state index in [1.54, 1.807) is 25.5 Å². The largest absolute Gasteiger partial charge is 0.506 e. The topological polar surface area (TPSA) is 147 Å². The van der Waals surface area contributed by atoms with E-state index in [0.717, 1.165) is 5.56 Å². The molecule has 3 heterocycles. The van der Waals surface area contributed by atoms with Crippen molar-refractivity contribution in [2.24, 2.45) is 0 Å². The molecule has 1 amide bonds. The van der Waals surface area contributed by atoms with E-state index in [-0.39, 0.29) is 34.9 Å². The number of aliphatic hydroxyl groups is 1. The second-order valence-corrected chi connectivity index (χ2v) is 8.89. The number of hydrogen-bond donors (Lipinski definition) is 3. The van der Waals surface area contributed by atoms with Crippen LogP contribution in [0.2, 0.25) is 0 Å². The summed E-state index contributed by atoms with van der Waals surface area (Å²) in [5.74, 6) is -0.423. The first kappa shape index (κ1) is 25.8. The Morgan fingerprint density at radius 2 is 1.89 bits per heavy atom. The van der Waals surface area contributed by atoms with Crippen LogP contribution in [-0.2, 0) is 11.2 Å². The smallest absolute Gasteiger partial charge is 0.248 e. The fraction of sp³-hybridized carbons (Fsp3) is 0.296. The number of amides is 1. The number of nitrogen functional groups attached to an aromatic ring is 1. The zero-order valence-corrected chi connectivity index (χ0v) is 21.0. The van der Waals surface area contributed by atoms with Crippen molar-refractivity contribution in [3.05, 3.63) is 60.0 Å². The molecule has 0 unspecified atom stereocenters. The molecule has 0 saturated carbocycles. The standard InChI is InChI=1S/C27H30N6O4/c1-4-19(32(3)23(37)15-34)10-11-21-24(16(2)35)26(28)33-27(31-21)20(14-30-33)18-12-22(36)25(29-13-18)17-8-6-5-7-9-17/h5-9,12-14,19,34,36H,4,10-11,15,28H2,1-3H3/t19-/m1/s1. The minimum absolute atomic E-state index is 0.0129. The molecule has 0 fully saturated rings. The number of ketones is 1. The number of anilines is 1. The van der Waals surface area contributed by atoms with Crippen molar-refractivity contribution in [2.75, 3.05) is 19.4 Å². The summed E-state index contributed by atoms with van der Waals surface area (Å²) < 4.78 is 1.41. The van der Waals surface area contributed by atoms with Gasteiger partial charge in [0.2, 0.25) is 5.91 Å². The number of Topliss-reactive ketones (excluding diaryl/α,β-unsaturated/α-hetero) is 1. The van der Waals surface area contributed by atoms with E-state index < -0.39 is 6.61 Å². The molecule has 0 aliphatic heterocycles. The zero-order valence-electron chi connectivity index (χ0n) is 21.0. The van der Waals surface area contributed by atoms with E-state index in [1.165, 1.54) is 16.3 Å². The van der Waals surface area contributed by atoms with Gasteiger partial charge in [-0.3, -0.25) is 14.6 Å². The number of hydrogen-bond acceptors (Lipinski definition) is 8. The van der Waals surface area contributed by atoms with Gasteiger partial charge in [-0.1, -0.05) is 37.3 Å². The third-order valence-electron chi connectivity index (χ3n) is 6.60. The van der Waals surface area contributed by atoms with Gasteiger partial charge in [0.25, 0.3) is 0 Å². The maximum Gasteiger partial charge on any atom is 0.248 e. The lowest BCUT2D eigenvalue weighted by Crippen LogP contribution is -2.38. The van der Waals surface area contributed by atoms with E-state index in [0.29, 0.717) is 47.4 Å². The van der Waals surface area contributed by atoms with Crippen LogP contribution < -0.4 is 5.73 Å². The van der Waals surface area contributed by atoms with Crippen LogP contribution in [0, 0.1) is 0 Å². The van der Waals surface area contributed by atoms with Gasteiger partial charge in [0.1, 0.15) is 23.9 Å². The molecule has 192 valence electrons. The molecule has 0 spiro atoms. The summed E-state index contributed by atoms with van der Waals surface area (Å²) in [7, 11) is 1.65. The minimum atomic E-state index is -0.564. The van der Waals surface area contributed by atoms with Crippen molar-refractivity contribution < 1.29 is 19.8 Å². The Bertz CT molecular complexity index is 1450. The fourth-order valence-corrected chi connectivity index (χ4v) is 4.54. The van der Waals surface area contributed by atoms with Crippen LogP contribution in [0.1, 0.15) is 42.7 Å². The van der Waals surface area contributed by atoms with Crippen LogP contribution in [0.3, 0.4) is 0 Å². The molecule has 10 nitrogen and oxygen atoms in total. The first-order valence-corrected chi connectivity index (χ1v) is 12.0. The Labute approximate surface area is 214 Å². The highest BCUT2D eigenvalue weighted by Crippen LogP contribution is 2.33. The lowest BCUT2D eigenvalue weighted by molar-refractivity contribution is -0.135. The molecule has 3 aromatic heterocycles. The predicted octanol–water partition coefficient (Wildman–Crippen LogP) is 3.11. The minimum Gasteiger partial charge on any atom is -0.506 e. The maximum atomic E-state index is 12.5. The van der Waals surface area contributed by atoms with Crippen LogP contribution in [0.15, 0.2) is 48.8 Å². The Morgan fingerprint density at radius 3 is 2.51 bits per heavy atom. The van der Waals surface area contributed by atoms with Crippen LogP contribution in [0.4, 0.5) is 5.82 Å². The predicted molar refractivity (Wildman–Crippen MR) is 140 cm³/mol. The molecule has 4 aromatic rings. The third-order valence-corrected chi connectivity index (χ3v) is 6.60. The summed E-state index contributed by atoms with van der Waals surface area (Å²) in [4.78, 5) is 35.3. The Hall–Kier alpha value is -4.31. The van der Waals surface area contributed by atoms with Gasteiger partial charge in [0, 0.05) is 36.0 Å². The first-order valence-electron chi connectivity index (χ1n) is 12.0. The van der Waals surface area contributed by atoms with E-state index in [4.69, 9.17) is 10.7 Å². The highest BCUT2D eigenvalue weighted by atomic mass is 16.3. The average molecular weight is 503 g/mol. The lowest BCUT2D eigenvalue weighted by Gasteiger charge is -2.27. The molecule has 0 saturated heterocycles. The van der Waals surface area contributed by atoms with E-state index >= 15 is 0 Å². The average Bonchev–Trinajstić information content (AvgIpc) is 3.33. The molecular formula is C27H30N6O4. The second-order valence-electron chi connectivity index (χ2n) is 8.89. The summed E-state index contributed by atoms with van der Waals surface area (Å²) in [6.07, 6.45) is 4.80. The number of nitrogens with two attached hydrogens (primary N) is 1. The molecule has 0 aliphatic rings. The summed E-state index contributed by atoms with van der Waals surface area (Å²) in [6, 6.07) is 10.8. The number of likely N-dealkylation sites (N-methyl/N-ethyl adjacent to an activating group) is 1. The fourth-order valence-electron chi connectivity index (χ4n) is 4.54. The molecule has 1 atom stereocenters. The van der Waals surface area contributed by atoms with Crippen molar-refractivity contribution in [3.8, 4) is 28.1 Å². The SMILES string of the molecule is CC[C@H](CCc1nc2c(-c3cnc(-c4ccccc4)c(O)c3)cnn2c(N)c1C(C)=O)N(C)C(=O)CO. The van der Waals surface area contributed by atoms with Crippen LogP contribution in [0.25, 0.3) is 28.0 Å². The Balaban J connectivity index is 1.74. The monoisotopic (exact) mass is 502 g/mol. The van der Waals surface area contributed by atoms with E-state index in [1.807, 2.05) is 37.3 Å². The van der Waals surface area contributed by atoms with Crippen LogP contribution in [-0.4, -0.2) is 66.1 Å². The number of rotatable bonds is 9. The molecule has 1 aromatic carbocycles. The number of carbonyl (C=O) groups excluding carboxylic acids is 2. The van der Waals surface area contributed by atoms with E-state index in [9.17, 15) is 19.8 Å². The molecular weight excluding hydrogens is 472 g/mol. The van der Waals surface area contributed by atoms with E-state index in [2.05, 4.69) is 10.1 Å². The summed E-state index contributed by atoms with van der Waals surface area (Å²) in [5.41, 5.74) is 10.1. The van der Waals surface area contributed by atoms with Crippen molar-refractivity contribution in [3.63, 3.8) is 0 Å². The van der Waals surface area contributed by atoms with Crippen molar-refractivity contribution in [1.82, 2.24) is 24.5 Å². The van der Waals surface area contributed by atoms with Crippen LogP contribution >= 0.6 is 0 Å². The van der Waals surface area contributed by atoms with Gasteiger partial charge in [-0.15, -0.1) is 0 Å². The normalized spacial score (nSPS) is 12.0. The second kappa shape index (κ2) is 10.8. The number of fused-ring (bicyclic) bond motifs is 1. The summed E-state index contributed by atoms with van der Waals surface area (Å²) in [5, 5.41) is 24.3. The van der Waals surface area contributed by atoms with Gasteiger partial charge in [-0.25, -0.2) is 4.98 Å². The Morgan fingerprint density at radius 1 is 1.16 bits per heavy atom. The zero-order chi connectivity index (χ0) is 26.7. The quantitative estimate of drug-likeness (QED) is 0.296. The third kappa shape index (κ3) is 5.01. The van der Waals surface area contributed by atoms with Gasteiger partial charge >= 0.3 is 0 Å². The number of aryl methyl sites for hydroxylation is 1. The van der Waals surface area contributed by atoms with Crippen molar-refractivity contribution >= 4 is 23.2 Å². The maximum absolute atomic E-state index is 12.5. The number of nitrogens with zero attached hydrogens (tertiary/aromatic N) is 5. The van der Waals surface area contributed by atoms with Gasteiger partial charge in [0.15, 0.2) is 11.4 Å². The van der Waals surface area contributed by atoms with Crippen molar-refractivity contribution in [1.29, 1.82) is 0 Å². The molecule has 0 bridgehead atoms. The molecule has 4 N–H and O–H groups in total. The highest BCUT2D eigenvalue weighted by Gasteiger charge is 2.23. The number of aromatic hydroxyl groups is 1. The molecule has 37 heavy (non-hydrogen) atoms. The molecule has 0 radical (unpaired) electrons.